The van der Waals surface area contributed by atoms with E-state index in [0.717, 1.165) is 37.8 Å². The fourth-order valence-corrected chi connectivity index (χ4v) is 5.59. The summed E-state index contributed by atoms with van der Waals surface area (Å²) >= 11 is -1.46. The first-order valence-electron chi connectivity index (χ1n) is 12.7. The monoisotopic (exact) mass is 510 g/mol. The van der Waals surface area contributed by atoms with E-state index in [1.165, 1.54) is 6.07 Å². The zero-order chi connectivity index (χ0) is 25.9. The molecule has 2 aliphatic rings. The average Bonchev–Trinajstić information content (AvgIpc) is 3.52. The van der Waals surface area contributed by atoms with Crippen molar-refractivity contribution in [2.24, 2.45) is 5.92 Å². The molecule has 1 saturated carbocycles. The quantitative estimate of drug-likeness (QED) is 0.418. The number of rotatable bonds is 9. The van der Waals surface area contributed by atoms with Crippen molar-refractivity contribution in [1.82, 2.24) is 10.0 Å². The van der Waals surface area contributed by atoms with Gasteiger partial charge in [-0.3, -0.25) is 4.79 Å². The van der Waals surface area contributed by atoms with E-state index in [0.29, 0.717) is 29.9 Å². The molecular formula is C28H35FN4O2S. The molecule has 3 atom stereocenters. The van der Waals surface area contributed by atoms with Crippen LogP contribution in [0.1, 0.15) is 76.0 Å². The van der Waals surface area contributed by atoms with Gasteiger partial charge < -0.3 is 15.2 Å². The third-order valence-electron chi connectivity index (χ3n) is 7.03. The minimum absolute atomic E-state index is 0.0989. The van der Waals surface area contributed by atoms with Gasteiger partial charge in [-0.05, 0) is 94.3 Å². The van der Waals surface area contributed by atoms with Crippen LogP contribution in [0.15, 0.2) is 42.5 Å². The van der Waals surface area contributed by atoms with Crippen LogP contribution in [-0.2, 0) is 21.7 Å². The summed E-state index contributed by atoms with van der Waals surface area (Å²) in [6.45, 7) is 6.47. The Kier molecular flexibility index (Phi) is 8.06. The zero-order valence-electron chi connectivity index (χ0n) is 21.2. The van der Waals surface area contributed by atoms with Gasteiger partial charge in [0, 0.05) is 11.4 Å². The van der Waals surface area contributed by atoms with E-state index in [4.69, 9.17) is 0 Å². The molecule has 1 saturated heterocycles. The van der Waals surface area contributed by atoms with Gasteiger partial charge in [0.1, 0.15) is 16.1 Å². The number of hydrogen-bond acceptors (Lipinski definition) is 5. The van der Waals surface area contributed by atoms with Crippen molar-refractivity contribution >= 4 is 23.0 Å². The van der Waals surface area contributed by atoms with Gasteiger partial charge in [-0.25, -0.2) is 4.39 Å². The van der Waals surface area contributed by atoms with Crippen molar-refractivity contribution in [1.29, 1.82) is 5.26 Å². The summed E-state index contributed by atoms with van der Waals surface area (Å²) in [4.78, 5) is 12.8. The largest absolute Gasteiger partial charge is 0.598 e. The maximum atomic E-state index is 14.9. The number of nitriles is 1. The van der Waals surface area contributed by atoms with Crippen LogP contribution in [0.3, 0.4) is 0 Å². The van der Waals surface area contributed by atoms with Gasteiger partial charge in [0.25, 0.3) is 0 Å². The van der Waals surface area contributed by atoms with E-state index in [1.54, 1.807) is 18.2 Å². The van der Waals surface area contributed by atoms with Gasteiger partial charge in [-0.15, -0.1) is 4.72 Å². The van der Waals surface area contributed by atoms with E-state index < -0.39 is 27.5 Å². The molecule has 2 fully saturated rings. The third kappa shape index (κ3) is 6.09. The lowest BCUT2D eigenvalue weighted by molar-refractivity contribution is -0.117. The first kappa shape index (κ1) is 26.6. The Hall–Kier alpha value is -2.44. The van der Waals surface area contributed by atoms with Gasteiger partial charge in [0.15, 0.2) is 0 Å². The van der Waals surface area contributed by atoms with Crippen molar-refractivity contribution in [3.63, 3.8) is 0 Å². The highest BCUT2D eigenvalue weighted by Crippen LogP contribution is 2.43. The number of carbonyl (C=O) groups excluding carboxylic acids is 1. The topological polar surface area (TPSA) is 100 Å². The molecule has 0 aromatic heterocycles. The first-order chi connectivity index (χ1) is 17.1. The molecular weight excluding hydrogens is 475 g/mol. The number of carbonyl (C=O) groups is 1. The molecule has 1 aliphatic carbocycles. The maximum Gasteiger partial charge on any atom is 0.241 e. The van der Waals surface area contributed by atoms with Gasteiger partial charge in [-0.1, -0.05) is 31.0 Å². The highest BCUT2D eigenvalue weighted by Gasteiger charge is 2.43. The van der Waals surface area contributed by atoms with Crippen LogP contribution in [0.5, 0.6) is 0 Å². The zero-order valence-corrected chi connectivity index (χ0v) is 22.0. The molecule has 192 valence electrons. The summed E-state index contributed by atoms with van der Waals surface area (Å²) < 4.78 is 31.3. The molecule has 0 bridgehead atoms. The Morgan fingerprint density at radius 3 is 2.58 bits per heavy atom. The Bertz CT molecular complexity index is 1140. The number of benzene rings is 2. The fourth-order valence-electron chi connectivity index (χ4n) is 4.63. The normalized spacial score (nSPS) is 20.4. The summed E-state index contributed by atoms with van der Waals surface area (Å²) in [5.74, 6) is -0.185. The van der Waals surface area contributed by atoms with Crippen LogP contribution in [0.2, 0.25) is 0 Å². The predicted octanol–water partition coefficient (Wildman–Crippen LogP) is 4.87. The highest BCUT2D eigenvalue weighted by molar-refractivity contribution is 7.90. The molecule has 0 radical (unpaired) electrons. The van der Waals surface area contributed by atoms with E-state index in [2.05, 4.69) is 21.4 Å². The van der Waals surface area contributed by atoms with Gasteiger partial charge in [-0.2, -0.15) is 5.26 Å². The number of nitrogens with one attached hydrogen (secondary N) is 3. The number of halogens is 1. The van der Waals surface area contributed by atoms with Crippen LogP contribution in [0, 0.1) is 23.1 Å². The summed E-state index contributed by atoms with van der Waals surface area (Å²) in [6, 6.07) is 13.8. The van der Waals surface area contributed by atoms with E-state index in [-0.39, 0.29) is 17.6 Å². The molecule has 8 heteroatoms. The molecule has 0 spiro atoms. The van der Waals surface area contributed by atoms with Crippen LogP contribution < -0.4 is 15.4 Å². The van der Waals surface area contributed by atoms with E-state index in [9.17, 15) is 19.0 Å². The Balaban J connectivity index is 1.81. The molecule has 2 aromatic rings. The molecule has 2 aromatic carbocycles. The average molecular weight is 511 g/mol. The van der Waals surface area contributed by atoms with Crippen LogP contribution >= 0.6 is 0 Å². The number of nitrogens with zero attached hydrogens (tertiary/aromatic N) is 1. The van der Waals surface area contributed by atoms with Gasteiger partial charge in [0.2, 0.25) is 5.91 Å². The molecule has 36 heavy (non-hydrogen) atoms. The van der Waals surface area contributed by atoms with E-state index >= 15 is 0 Å². The number of hydrogen-bond donors (Lipinski definition) is 3. The predicted molar refractivity (Wildman–Crippen MR) is 141 cm³/mol. The summed E-state index contributed by atoms with van der Waals surface area (Å²) in [5, 5.41) is 15.5. The van der Waals surface area contributed by atoms with Crippen molar-refractivity contribution < 1.29 is 13.7 Å². The second kappa shape index (κ2) is 10.9. The second-order valence-corrected chi connectivity index (χ2v) is 12.9. The summed E-state index contributed by atoms with van der Waals surface area (Å²) in [7, 11) is 0. The minimum Gasteiger partial charge on any atom is -0.598 e. The SMILES string of the molecule is CC(C)(C)[S@@+]([O-])N[C@](CCC1CC1)(c1cccc(C#N)c1)c1ccc(F)c(NC(=O)[C@H]2CCCN2)c1. The van der Waals surface area contributed by atoms with Crippen molar-refractivity contribution in [3.8, 4) is 6.07 Å². The lowest BCUT2D eigenvalue weighted by atomic mass is 9.79. The first-order valence-corrected chi connectivity index (χ1v) is 13.8. The third-order valence-corrected chi connectivity index (χ3v) is 8.67. The number of anilines is 1. The molecule has 6 nitrogen and oxygen atoms in total. The molecule has 1 amide bonds. The van der Waals surface area contributed by atoms with Crippen LogP contribution in [0.4, 0.5) is 10.1 Å². The van der Waals surface area contributed by atoms with Crippen LogP contribution in [0.25, 0.3) is 0 Å². The Morgan fingerprint density at radius 1 is 1.19 bits per heavy atom. The molecule has 1 aliphatic heterocycles. The Morgan fingerprint density at radius 2 is 1.94 bits per heavy atom. The number of amides is 1. The lowest BCUT2D eigenvalue weighted by Gasteiger charge is -2.39. The summed E-state index contributed by atoms with van der Waals surface area (Å²) in [5.41, 5.74) is 1.15. The minimum atomic E-state index is -1.46. The van der Waals surface area contributed by atoms with Crippen molar-refractivity contribution in [2.45, 2.75) is 75.6 Å². The van der Waals surface area contributed by atoms with Gasteiger partial charge in [0.05, 0.1) is 23.4 Å². The molecule has 4 rings (SSSR count). The lowest BCUT2D eigenvalue weighted by Crippen LogP contribution is -2.52. The Labute approximate surface area is 216 Å². The standard InChI is InChI=1S/C28H35FN4O2S/c1-27(2,3)36(35)33-28(14-13-19-9-10-19,21-7-4-6-20(16-21)18-30)22-11-12-23(29)25(17-22)32-26(34)24-8-5-15-31-24/h4,6-7,11-12,16-17,19,24,31,33H,5,8-10,13-15H2,1-3H3,(H,32,34)/t24-,28-,36-/m1/s1. The maximum absolute atomic E-state index is 14.9. The van der Waals surface area contributed by atoms with E-state index in [1.807, 2.05) is 39.0 Å². The molecule has 3 N–H and O–H groups in total. The molecule has 0 unspecified atom stereocenters. The fraction of sp³-hybridized carbons (Fsp3) is 0.500. The highest BCUT2D eigenvalue weighted by atomic mass is 32.2. The second-order valence-electron chi connectivity index (χ2n) is 10.9. The van der Waals surface area contributed by atoms with Gasteiger partial charge >= 0.3 is 0 Å². The van der Waals surface area contributed by atoms with Crippen molar-refractivity contribution in [3.05, 3.63) is 65.0 Å². The summed E-state index contributed by atoms with van der Waals surface area (Å²) in [6.07, 6.45) is 5.47. The smallest absolute Gasteiger partial charge is 0.241 e. The van der Waals surface area contributed by atoms with Crippen LogP contribution in [-0.4, -0.2) is 27.8 Å². The molecule has 1 heterocycles. The van der Waals surface area contributed by atoms with Crippen molar-refractivity contribution in [2.75, 3.05) is 11.9 Å².